The molecular weight excluding hydrogens is 277 g/mol. The van der Waals surface area contributed by atoms with Crippen molar-refractivity contribution in [3.05, 3.63) is 39.7 Å². The highest BCUT2D eigenvalue weighted by atomic mass is 19.1. The first kappa shape index (κ1) is 15.4. The Bertz CT molecular complexity index is 562. The maximum absolute atomic E-state index is 13.2. The lowest BCUT2D eigenvalue weighted by atomic mass is 9.96. The number of amides is 1. The second-order valence-corrected chi connectivity index (χ2v) is 5.34. The molecule has 1 amide bonds. The van der Waals surface area contributed by atoms with Crippen molar-refractivity contribution < 1.29 is 14.1 Å². The highest BCUT2D eigenvalue weighted by molar-refractivity contribution is 5.98. The predicted octanol–water partition coefficient (Wildman–Crippen LogP) is 2.08. The lowest BCUT2D eigenvalue weighted by Gasteiger charge is -2.38. The minimum absolute atomic E-state index is 0.0889. The number of rotatable bonds is 3. The van der Waals surface area contributed by atoms with E-state index in [1.165, 1.54) is 6.07 Å². The maximum atomic E-state index is 13.2. The zero-order chi connectivity index (χ0) is 15.6. The second-order valence-electron chi connectivity index (χ2n) is 5.34. The number of hydrogen-bond donors (Lipinski definition) is 1. The fourth-order valence-electron chi connectivity index (χ4n) is 2.75. The first-order chi connectivity index (χ1) is 9.91. The van der Waals surface area contributed by atoms with E-state index in [0.29, 0.717) is 6.54 Å². The summed E-state index contributed by atoms with van der Waals surface area (Å²) in [5, 5.41) is 11.0. The van der Waals surface area contributed by atoms with Crippen LogP contribution in [-0.4, -0.2) is 34.4 Å². The summed E-state index contributed by atoms with van der Waals surface area (Å²) in [4.78, 5) is 24.5. The summed E-state index contributed by atoms with van der Waals surface area (Å²) in [6.45, 7) is 2.33. The Morgan fingerprint density at radius 2 is 2.24 bits per heavy atom. The molecule has 2 N–H and O–H groups in total. The number of carbonyl (C=O) groups excluding carboxylic acids is 1. The molecule has 0 aliphatic carbocycles. The van der Waals surface area contributed by atoms with Crippen LogP contribution in [0.4, 0.5) is 10.1 Å². The summed E-state index contributed by atoms with van der Waals surface area (Å²) in [5.74, 6) is -1.19. The van der Waals surface area contributed by atoms with Crippen molar-refractivity contribution in [2.45, 2.75) is 38.3 Å². The van der Waals surface area contributed by atoms with Gasteiger partial charge in [-0.1, -0.05) is 0 Å². The number of nitro groups is 1. The Hall–Kier alpha value is -2.02. The lowest BCUT2D eigenvalue weighted by molar-refractivity contribution is -0.385. The smallest absolute Gasteiger partial charge is 0.285 e. The number of likely N-dealkylation sites (tertiary alicyclic amines) is 1. The van der Waals surface area contributed by atoms with Gasteiger partial charge in [-0.3, -0.25) is 14.9 Å². The van der Waals surface area contributed by atoms with Gasteiger partial charge < -0.3 is 10.6 Å². The molecule has 1 heterocycles. The van der Waals surface area contributed by atoms with E-state index in [2.05, 4.69) is 0 Å². The van der Waals surface area contributed by atoms with Crippen LogP contribution >= 0.6 is 0 Å². The molecule has 21 heavy (non-hydrogen) atoms. The van der Waals surface area contributed by atoms with Gasteiger partial charge in [-0.05, 0) is 38.3 Å². The van der Waals surface area contributed by atoms with Crippen LogP contribution in [0.2, 0.25) is 0 Å². The van der Waals surface area contributed by atoms with E-state index in [4.69, 9.17) is 5.73 Å². The molecule has 2 unspecified atom stereocenters. The average Bonchev–Trinajstić information content (AvgIpc) is 2.46. The van der Waals surface area contributed by atoms with Crippen molar-refractivity contribution in [3.8, 4) is 0 Å². The molecular formula is C14H18FN3O3. The largest absolute Gasteiger partial charge is 0.334 e. The van der Waals surface area contributed by atoms with Crippen molar-refractivity contribution in [1.29, 1.82) is 0 Å². The molecule has 1 aliphatic heterocycles. The van der Waals surface area contributed by atoms with Crippen molar-refractivity contribution in [2.24, 2.45) is 5.73 Å². The Kier molecular flexibility index (Phi) is 4.52. The number of nitro benzene ring substituents is 1. The Labute approximate surface area is 121 Å². The Morgan fingerprint density at radius 1 is 1.52 bits per heavy atom. The van der Waals surface area contributed by atoms with Crippen LogP contribution in [0.5, 0.6) is 0 Å². The average molecular weight is 295 g/mol. The van der Waals surface area contributed by atoms with Crippen LogP contribution in [0.3, 0.4) is 0 Å². The molecule has 0 spiro atoms. The zero-order valence-electron chi connectivity index (χ0n) is 11.8. The molecule has 1 aliphatic rings. The Morgan fingerprint density at radius 3 is 2.86 bits per heavy atom. The van der Waals surface area contributed by atoms with Crippen LogP contribution < -0.4 is 5.73 Å². The summed E-state index contributed by atoms with van der Waals surface area (Å²) in [5.41, 5.74) is 5.31. The standard InChI is InChI=1S/C14H18FN3O3/c1-9(16)12-4-2-3-7-17(12)14(19)11-6-5-10(15)8-13(11)18(20)21/h5-6,8-9,12H,2-4,7,16H2,1H3. The van der Waals surface area contributed by atoms with Gasteiger partial charge in [0.05, 0.1) is 11.0 Å². The van der Waals surface area contributed by atoms with Gasteiger partial charge in [0, 0.05) is 18.6 Å². The molecule has 0 aromatic heterocycles. The molecule has 1 aromatic rings. The number of benzene rings is 1. The topological polar surface area (TPSA) is 89.5 Å². The maximum Gasteiger partial charge on any atom is 0.285 e. The van der Waals surface area contributed by atoms with Crippen LogP contribution in [0.15, 0.2) is 18.2 Å². The van der Waals surface area contributed by atoms with Gasteiger partial charge >= 0.3 is 0 Å². The molecule has 114 valence electrons. The van der Waals surface area contributed by atoms with E-state index < -0.39 is 22.3 Å². The van der Waals surface area contributed by atoms with Crippen molar-refractivity contribution in [2.75, 3.05) is 6.54 Å². The van der Waals surface area contributed by atoms with Crippen LogP contribution in [0, 0.1) is 15.9 Å². The zero-order valence-corrected chi connectivity index (χ0v) is 11.8. The minimum Gasteiger partial charge on any atom is -0.334 e. The van der Waals surface area contributed by atoms with Crippen molar-refractivity contribution in [1.82, 2.24) is 4.90 Å². The summed E-state index contributed by atoms with van der Waals surface area (Å²) >= 11 is 0. The third kappa shape index (κ3) is 3.18. The number of hydrogen-bond acceptors (Lipinski definition) is 4. The van der Waals surface area contributed by atoms with E-state index in [1.807, 2.05) is 6.92 Å². The normalized spacial score (nSPS) is 20.1. The summed E-state index contributed by atoms with van der Waals surface area (Å²) < 4.78 is 13.2. The molecule has 0 radical (unpaired) electrons. The fraction of sp³-hybridized carbons (Fsp3) is 0.500. The number of nitrogens with two attached hydrogens (primary N) is 1. The summed E-state index contributed by atoms with van der Waals surface area (Å²) in [6, 6.07) is 2.65. The third-order valence-electron chi connectivity index (χ3n) is 3.80. The third-order valence-corrected chi connectivity index (χ3v) is 3.80. The number of halogens is 1. The molecule has 7 heteroatoms. The van der Waals surface area contributed by atoms with Gasteiger partial charge in [-0.2, -0.15) is 0 Å². The SMILES string of the molecule is CC(N)C1CCCCN1C(=O)c1ccc(F)cc1[N+](=O)[O-]. The number of carbonyl (C=O) groups is 1. The Balaban J connectivity index is 2.36. The first-order valence-corrected chi connectivity index (χ1v) is 6.92. The van der Waals surface area contributed by atoms with Gasteiger partial charge in [0.1, 0.15) is 11.4 Å². The van der Waals surface area contributed by atoms with Crippen LogP contribution in [0.25, 0.3) is 0 Å². The minimum atomic E-state index is -0.736. The fourth-order valence-corrected chi connectivity index (χ4v) is 2.75. The molecule has 2 rings (SSSR count). The predicted molar refractivity (Wildman–Crippen MR) is 75.4 cm³/mol. The van der Waals surface area contributed by atoms with Crippen molar-refractivity contribution >= 4 is 11.6 Å². The lowest BCUT2D eigenvalue weighted by Crippen LogP contribution is -2.51. The van der Waals surface area contributed by atoms with E-state index in [1.54, 1.807) is 4.90 Å². The monoisotopic (exact) mass is 295 g/mol. The number of nitrogens with zero attached hydrogens (tertiary/aromatic N) is 2. The molecule has 0 bridgehead atoms. The van der Waals surface area contributed by atoms with Gasteiger partial charge in [0.25, 0.3) is 11.6 Å². The molecule has 0 saturated carbocycles. The van der Waals surface area contributed by atoms with E-state index in [9.17, 15) is 19.3 Å². The quantitative estimate of drug-likeness (QED) is 0.683. The summed E-state index contributed by atoms with van der Waals surface area (Å²) in [6.07, 6.45) is 2.59. The van der Waals surface area contributed by atoms with Gasteiger partial charge in [0.15, 0.2) is 0 Å². The van der Waals surface area contributed by atoms with E-state index in [0.717, 1.165) is 31.4 Å². The molecule has 2 atom stereocenters. The van der Waals surface area contributed by atoms with E-state index >= 15 is 0 Å². The highest BCUT2D eigenvalue weighted by Gasteiger charge is 2.33. The van der Waals surface area contributed by atoms with Crippen LogP contribution in [0.1, 0.15) is 36.5 Å². The van der Waals surface area contributed by atoms with Gasteiger partial charge in [0.2, 0.25) is 0 Å². The molecule has 1 saturated heterocycles. The number of piperidine rings is 1. The molecule has 1 aromatic carbocycles. The van der Waals surface area contributed by atoms with Gasteiger partial charge in [-0.25, -0.2) is 4.39 Å². The first-order valence-electron chi connectivity index (χ1n) is 6.92. The highest BCUT2D eigenvalue weighted by Crippen LogP contribution is 2.26. The molecule has 1 fully saturated rings. The van der Waals surface area contributed by atoms with Gasteiger partial charge in [-0.15, -0.1) is 0 Å². The second kappa shape index (κ2) is 6.17. The summed E-state index contributed by atoms with van der Waals surface area (Å²) in [7, 11) is 0. The van der Waals surface area contributed by atoms with Crippen LogP contribution in [-0.2, 0) is 0 Å². The van der Waals surface area contributed by atoms with E-state index in [-0.39, 0.29) is 17.6 Å². The molecule has 6 nitrogen and oxygen atoms in total. The van der Waals surface area contributed by atoms with Crippen molar-refractivity contribution in [3.63, 3.8) is 0 Å².